The molecule has 1 aromatic rings. The Balaban J connectivity index is 2.95. The number of hydrogen-bond acceptors (Lipinski definition) is 2. The number of hydrogen-bond donors (Lipinski definition) is 2. The van der Waals surface area contributed by atoms with Crippen LogP contribution in [0, 0.1) is 5.41 Å². The first kappa shape index (κ1) is 11.5. The van der Waals surface area contributed by atoms with Gasteiger partial charge in [0.2, 0.25) is 0 Å². The maximum absolute atomic E-state index is 9.20. The van der Waals surface area contributed by atoms with Gasteiger partial charge in [0.05, 0.1) is 0 Å². The molecule has 1 aromatic carbocycles. The maximum atomic E-state index is 9.20. The van der Waals surface area contributed by atoms with E-state index in [1.54, 1.807) is 12.1 Å². The average molecular weight is 203 g/mol. The standard InChI is InChI=1S/C13H17NO/c1-10(2)13(4-3-9-14)11-5-7-12(15)8-6-11/h5-9,14-15H,3-4H2,1-2H3. The van der Waals surface area contributed by atoms with Crippen LogP contribution in [0.3, 0.4) is 0 Å². The Kier molecular flexibility index (Phi) is 4.10. The summed E-state index contributed by atoms with van der Waals surface area (Å²) in [6, 6.07) is 7.23. The molecule has 0 aliphatic heterocycles. The monoisotopic (exact) mass is 203 g/mol. The largest absolute Gasteiger partial charge is 0.508 e. The molecule has 0 aromatic heterocycles. The average Bonchev–Trinajstić information content (AvgIpc) is 2.21. The van der Waals surface area contributed by atoms with E-state index in [-0.39, 0.29) is 0 Å². The third kappa shape index (κ3) is 3.24. The lowest BCUT2D eigenvalue weighted by atomic mass is 9.97. The summed E-state index contributed by atoms with van der Waals surface area (Å²) in [5.41, 5.74) is 3.66. The molecule has 0 spiro atoms. The van der Waals surface area contributed by atoms with Crippen molar-refractivity contribution in [1.82, 2.24) is 0 Å². The van der Waals surface area contributed by atoms with Crippen LogP contribution in [0.15, 0.2) is 29.8 Å². The van der Waals surface area contributed by atoms with Gasteiger partial charge < -0.3 is 10.5 Å². The van der Waals surface area contributed by atoms with Gasteiger partial charge in [0.15, 0.2) is 0 Å². The number of nitrogens with one attached hydrogen (secondary N) is 1. The van der Waals surface area contributed by atoms with E-state index in [1.807, 2.05) is 12.1 Å². The molecule has 0 aliphatic carbocycles. The molecular weight excluding hydrogens is 186 g/mol. The molecule has 0 aliphatic rings. The number of phenols is 1. The summed E-state index contributed by atoms with van der Waals surface area (Å²) in [4.78, 5) is 0. The van der Waals surface area contributed by atoms with Crippen molar-refractivity contribution in [2.75, 3.05) is 0 Å². The van der Waals surface area contributed by atoms with E-state index < -0.39 is 0 Å². The number of allylic oxidation sites excluding steroid dienone is 2. The molecule has 15 heavy (non-hydrogen) atoms. The predicted octanol–water partition coefficient (Wildman–Crippen LogP) is 3.62. The van der Waals surface area contributed by atoms with Gasteiger partial charge in [-0.2, -0.15) is 0 Å². The number of rotatable bonds is 4. The van der Waals surface area contributed by atoms with Gasteiger partial charge >= 0.3 is 0 Å². The lowest BCUT2D eigenvalue weighted by molar-refractivity contribution is 0.475. The molecule has 0 atom stereocenters. The Hall–Kier alpha value is -1.57. The summed E-state index contributed by atoms with van der Waals surface area (Å²) in [6.45, 7) is 4.15. The topological polar surface area (TPSA) is 44.1 Å². The highest BCUT2D eigenvalue weighted by Gasteiger charge is 2.02. The van der Waals surface area contributed by atoms with E-state index in [2.05, 4.69) is 13.8 Å². The van der Waals surface area contributed by atoms with Gasteiger partial charge in [-0.3, -0.25) is 0 Å². The summed E-state index contributed by atoms with van der Waals surface area (Å²) in [6.07, 6.45) is 3.08. The summed E-state index contributed by atoms with van der Waals surface area (Å²) in [7, 11) is 0. The van der Waals surface area contributed by atoms with Gasteiger partial charge in [0.25, 0.3) is 0 Å². The Bertz CT molecular complexity index is 359. The zero-order valence-electron chi connectivity index (χ0n) is 9.25. The molecule has 0 fully saturated rings. The summed E-state index contributed by atoms with van der Waals surface area (Å²) in [5, 5.41) is 16.2. The van der Waals surface area contributed by atoms with Crippen LogP contribution >= 0.6 is 0 Å². The summed E-state index contributed by atoms with van der Waals surface area (Å²) < 4.78 is 0. The number of aromatic hydroxyl groups is 1. The van der Waals surface area contributed by atoms with Gasteiger partial charge in [-0.25, -0.2) is 0 Å². The second kappa shape index (κ2) is 5.35. The highest BCUT2D eigenvalue weighted by atomic mass is 16.3. The molecule has 0 amide bonds. The fraction of sp³-hybridized carbons (Fsp3) is 0.308. The zero-order valence-corrected chi connectivity index (χ0v) is 9.25. The van der Waals surface area contributed by atoms with Crippen molar-refractivity contribution in [3.8, 4) is 5.75 Å². The third-order valence-electron chi connectivity index (χ3n) is 2.36. The first-order chi connectivity index (χ1) is 7.15. The van der Waals surface area contributed by atoms with Crippen LogP contribution in [0.4, 0.5) is 0 Å². The third-order valence-corrected chi connectivity index (χ3v) is 2.36. The molecule has 0 unspecified atom stereocenters. The summed E-state index contributed by atoms with van der Waals surface area (Å²) in [5.74, 6) is 0.291. The minimum absolute atomic E-state index is 0.291. The lowest BCUT2D eigenvalue weighted by Gasteiger charge is -2.09. The van der Waals surface area contributed by atoms with Crippen LogP contribution in [0.1, 0.15) is 32.3 Å². The van der Waals surface area contributed by atoms with Gasteiger partial charge in [-0.05, 0) is 56.2 Å². The summed E-state index contributed by atoms with van der Waals surface area (Å²) >= 11 is 0. The van der Waals surface area contributed by atoms with Crippen molar-refractivity contribution in [3.05, 3.63) is 35.4 Å². The zero-order chi connectivity index (χ0) is 11.3. The molecule has 0 saturated carbocycles. The van der Waals surface area contributed by atoms with Crippen molar-refractivity contribution in [3.63, 3.8) is 0 Å². The van der Waals surface area contributed by atoms with Crippen LogP contribution in [-0.4, -0.2) is 11.3 Å². The number of benzene rings is 1. The second-order valence-electron chi connectivity index (χ2n) is 3.77. The minimum atomic E-state index is 0.291. The highest BCUT2D eigenvalue weighted by molar-refractivity contribution is 5.70. The van der Waals surface area contributed by atoms with Crippen molar-refractivity contribution >= 4 is 11.8 Å². The quantitative estimate of drug-likeness (QED) is 0.721. The van der Waals surface area contributed by atoms with Crippen molar-refractivity contribution in [1.29, 1.82) is 5.41 Å². The van der Waals surface area contributed by atoms with E-state index in [0.29, 0.717) is 5.75 Å². The van der Waals surface area contributed by atoms with Crippen molar-refractivity contribution in [2.24, 2.45) is 0 Å². The Morgan fingerprint density at radius 3 is 2.33 bits per heavy atom. The minimum Gasteiger partial charge on any atom is -0.508 e. The van der Waals surface area contributed by atoms with Crippen LogP contribution < -0.4 is 0 Å². The first-order valence-electron chi connectivity index (χ1n) is 5.10. The lowest BCUT2D eigenvalue weighted by Crippen LogP contribution is -1.88. The Morgan fingerprint density at radius 1 is 1.27 bits per heavy atom. The normalized spacial score (nSPS) is 9.73. The van der Waals surface area contributed by atoms with Crippen LogP contribution in [0.5, 0.6) is 5.75 Å². The molecule has 2 nitrogen and oxygen atoms in total. The molecule has 0 saturated heterocycles. The Morgan fingerprint density at radius 2 is 1.87 bits per heavy atom. The maximum Gasteiger partial charge on any atom is 0.115 e. The van der Waals surface area contributed by atoms with Crippen molar-refractivity contribution in [2.45, 2.75) is 26.7 Å². The fourth-order valence-electron chi connectivity index (χ4n) is 1.56. The molecule has 0 heterocycles. The molecule has 80 valence electrons. The predicted molar refractivity (Wildman–Crippen MR) is 64.4 cm³/mol. The van der Waals surface area contributed by atoms with Crippen LogP contribution in [0.2, 0.25) is 0 Å². The van der Waals surface area contributed by atoms with E-state index in [0.717, 1.165) is 18.4 Å². The van der Waals surface area contributed by atoms with E-state index >= 15 is 0 Å². The molecule has 0 radical (unpaired) electrons. The first-order valence-corrected chi connectivity index (χ1v) is 5.10. The smallest absolute Gasteiger partial charge is 0.115 e. The Labute approximate surface area is 90.8 Å². The molecule has 0 bridgehead atoms. The van der Waals surface area contributed by atoms with Gasteiger partial charge in [-0.15, -0.1) is 0 Å². The van der Waals surface area contributed by atoms with Crippen molar-refractivity contribution < 1.29 is 5.11 Å². The van der Waals surface area contributed by atoms with E-state index in [9.17, 15) is 5.11 Å². The molecular formula is C13H17NO. The molecule has 2 N–H and O–H groups in total. The molecule has 1 rings (SSSR count). The second-order valence-corrected chi connectivity index (χ2v) is 3.77. The van der Waals surface area contributed by atoms with Crippen LogP contribution in [-0.2, 0) is 0 Å². The fourth-order valence-corrected chi connectivity index (χ4v) is 1.56. The number of phenolic OH excluding ortho intramolecular Hbond substituents is 1. The molecule has 2 heteroatoms. The van der Waals surface area contributed by atoms with Gasteiger partial charge in [0.1, 0.15) is 5.75 Å². The SMILES string of the molecule is CC(C)=C(CCC=N)c1ccc(O)cc1. The van der Waals surface area contributed by atoms with E-state index in [1.165, 1.54) is 17.4 Å². The van der Waals surface area contributed by atoms with Gasteiger partial charge in [-0.1, -0.05) is 17.7 Å². The highest BCUT2D eigenvalue weighted by Crippen LogP contribution is 2.24. The van der Waals surface area contributed by atoms with Gasteiger partial charge in [0, 0.05) is 0 Å². The van der Waals surface area contributed by atoms with Crippen LogP contribution in [0.25, 0.3) is 5.57 Å². The van der Waals surface area contributed by atoms with E-state index in [4.69, 9.17) is 5.41 Å².